The fourth-order valence-electron chi connectivity index (χ4n) is 3.92. The van der Waals surface area contributed by atoms with Gasteiger partial charge in [0, 0.05) is 19.5 Å². The lowest BCUT2D eigenvalue weighted by atomic mass is 10.0. The van der Waals surface area contributed by atoms with E-state index in [1.807, 2.05) is 36.4 Å². The number of hydrogen-bond donors (Lipinski definition) is 1. The molecule has 1 aliphatic heterocycles. The van der Waals surface area contributed by atoms with Crippen LogP contribution >= 0.6 is 0 Å². The first-order valence-electron chi connectivity index (χ1n) is 10.4. The molecule has 31 heavy (non-hydrogen) atoms. The maximum absolute atomic E-state index is 5.56. The average molecular weight is 416 g/mol. The zero-order valence-corrected chi connectivity index (χ0v) is 17.1. The van der Waals surface area contributed by atoms with Gasteiger partial charge in [-0.2, -0.15) is 5.10 Å². The van der Waals surface area contributed by atoms with Crippen molar-refractivity contribution in [3.63, 3.8) is 0 Å². The van der Waals surface area contributed by atoms with Crippen LogP contribution in [0.3, 0.4) is 0 Å². The molecule has 0 bridgehead atoms. The molecule has 9 nitrogen and oxygen atoms in total. The topological polar surface area (TPSA) is 97.6 Å². The minimum Gasteiger partial charge on any atom is -0.379 e. The van der Waals surface area contributed by atoms with E-state index >= 15 is 0 Å². The zero-order valence-electron chi connectivity index (χ0n) is 17.1. The van der Waals surface area contributed by atoms with E-state index in [2.05, 4.69) is 59.9 Å². The third-order valence-corrected chi connectivity index (χ3v) is 5.41. The molecule has 1 fully saturated rings. The van der Waals surface area contributed by atoms with Gasteiger partial charge < -0.3 is 4.74 Å². The molecule has 0 saturated carbocycles. The number of benzene rings is 2. The van der Waals surface area contributed by atoms with E-state index in [9.17, 15) is 0 Å². The van der Waals surface area contributed by atoms with Gasteiger partial charge in [-0.25, -0.2) is 9.67 Å². The Morgan fingerprint density at radius 2 is 1.71 bits per heavy atom. The summed E-state index contributed by atoms with van der Waals surface area (Å²) in [6, 6.07) is 20.5. The van der Waals surface area contributed by atoms with Crippen LogP contribution < -0.4 is 0 Å². The number of morpholine rings is 1. The summed E-state index contributed by atoms with van der Waals surface area (Å²) in [6.45, 7) is 3.50. The van der Waals surface area contributed by atoms with Crippen molar-refractivity contribution < 1.29 is 4.74 Å². The van der Waals surface area contributed by atoms with Crippen LogP contribution in [0.5, 0.6) is 0 Å². The number of H-pyrrole nitrogens is 1. The van der Waals surface area contributed by atoms with Crippen LogP contribution in [0, 0.1) is 0 Å². The van der Waals surface area contributed by atoms with Gasteiger partial charge in [0.05, 0.1) is 19.3 Å². The van der Waals surface area contributed by atoms with Crippen molar-refractivity contribution in [3.05, 3.63) is 89.3 Å². The minimum atomic E-state index is -0.0492. The summed E-state index contributed by atoms with van der Waals surface area (Å²) in [5.74, 6) is 2.27. The Bertz CT molecular complexity index is 1090. The van der Waals surface area contributed by atoms with Crippen molar-refractivity contribution in [2.45, 2.75) is 19.0 Å². The van der Waals surface area contributed by atoms with Gasteiger partial charge in [-0.15, -0.1) is 5.10 Å². The van der Waals surface area contributed by atoms with E-state index in [4.69, 9.17) is 4.74 Å². The highest BCUT2D eigenvalue weighted by Gasteiger charge is 2.29. The van der Waals surface area contributed by atoms with Crippen molar-refractivity contribution >= 4 is 0 Å². The van der Waals surface area contributed by atoms with Crippen molar-refractivity contribution in [2.24, 2.45) is 0 Å². The van der Waals surface area contributed by atoms with Gasteiger partial charge in [-0.05, 0) is 21.6 Å². The Morgan fingerprint density at radius 3 is 2.48 bits per heavy atom. The van der Waals surface area contributed by atoms with E-state index < -0.39 is 0 Å². The first-order valence-corrected chi connectivity index (χ1v) is 10.4. The maximum Gasteiger partial charge on any atom is 0.173 e. The summed E-state index contributed by atoms with van der Waals surface area (Å²) >= 11 is 0. The Hall–Kier alpha value is -3.43. The van der Waals surface area contributed by atoms with E-state index in [0.717, 1.165) is 36.1 Å². The van der Waals surface area contributed by atoms with E-state index in [0.29, 0.717) is 26.2 Å². The Labute approximate surface area is 180 Å². The fourth-order valence-corrected chi connectivity index (χ4v) is 3.92. The Kier molecular flexibility index (Phi) is 5.76. The largest absolute Gasteiger partial charge is 0.379 e. The molecule has 2 aromatic heterocycles. The lowest BCUT2D eigenvalue weighted by Crippen LogP contribution is -2.40. The number of nitrogens with zero attached hydrogens (tertiary/aromatic N) is 7. The third kappa shape index (κ3) is 4.52. The summed E-state index contributed by atoms with van der Waals surface area (Å²) in [5, 5.41) is 20.0. The molecule has 4 aromatic rings. The molecular formula is C22H24N8O. The van der Waals surface area contributed by atoms with Gasteiger partial charge in [-0.1, -0.05) is 60.7 Å². The number of aromatic nitrogens is 7. The van der Waals surface area contributed by atoms with E-state index in [-0.39, 0.29) is 6.04 Å². The number of tetrazole rings is 1. The van der Waals surface area contributed by atoms with Gasteiger partial charge in [0.15, 0.2) is 11.6 Å². The summed E-state index contributed by atoms with van der Waals surface area (Å²) in [7, 11) is 0. The SMILES string of the molecule is c1ccc(Cc2n[nH]c(Cn3nnnc3[C@H](c3ccccc3)N3CCOCC3)n2)cc1. The molecule has 5 rings (SSSR count). The van der Waals surface area contributed by atoms with Gasteiger partial charge in [-0.3, -0.25) is 10.00 Å². The lowest BCUT2D eigenvalue weighted by molar-refractivity contribution is 0.0216. The highest BCUT2D eigenvalue weighted by atomic mass is 16.5. The smallest absolute Gasteiger partial charge is 0.173 e. The van der Waals surface area contributed by atoms with E-state index in [1.165, 1.54) is 5.56 Å². The molecule has 0 radical (unpaired) electrons. The quantitative estimate of drug-likeness (QED) is 0.491. The monoisotopic (exact) mass is 416 g/mol. The highest BCUT2D eigenvalue weighted by Crippen LogP contribution is 2.27. The Morgan fingerprint density at radius 1 is 0.968 bits per heavy atom. The minimum absolute atomic E-state index is 0.0492. The average Bonchev–Trinajstić information content (AvgIpc) is 3.46. The zero-order chi connectivity index (χ0) is 20.9. The second kappa shape index (κ2) is 9.15. The molecule has 0 amide bonds. The molecule has 1 aliphatic rings. The van der Waals surface area contributed by atoms with Crippen molar-refractivity contribution in [2.75, 3.05) is 26.3 Å². The van der Waals surface area contributed by atoms with Crippen LogP contribution in [0.25, 0.3) is 0 Å². The molecule has 0 unspecified atom stereocenters. The van der Waals surface area contributed by atoms with Crippen LogP contribution in [0.15, 0.2) is 60.7 Å². The molecule has 3 heterocycles. The van der Waals surface area contributed by atoms with Gasteiger partial charge in [0.25, 0.3) is 0 Å². The molecule has 9 heteroatoms. The summed E-state index contributed by atoms with van der Waals surface area (Å²) < 4.78 is 7.36. The molecule has 1 saturated heterocycles. The van der Waals surface area contributed by atoms with Crippen LogP contribution in [0.1, 0.15) is 34.6 Å². The maximum atomic E-state index is 5.56. The predicted molar refractivity (Wildman–Crippen MR) is 113 cm³/mol. The van der Waals surface area contributed by atoms with Gasteiger partial charge in [0.2, 0.25) is 0 Å². The molecule has 1 atom stereocenters. The van der Waals surface area contributed by atoms with Crippen LogP contribution in [-0.2, 0) is 17.7 Å². The van der Waals surface area contributed by atoms with Crippen LogP contribution in [0.4, 0.5) is 0 Å². The first-order chi connectivity index (χ1) is 15.4. The number of nitrogens with one attached hydrogen (secondary N) is 1. The first kappa shape index (κ1) is 19.5. The summed E-state index contributed by atoms with van der Waals surface area (Å²) in [6.07, 6.45) is 0.681. The van der Waals surface area contributed by atoms with Crippen molar-refractivity contribution in [3.8, 4) is 0 Å². The molecule has 0 aliphatic carbocycles. The van der Waals surface area contributed by atoms with Crippen molar-refractivity contribution in [1.29, 1.82) is 0 Å². The van der Waals surface area contributed by atoms with Gasteiger partial charge in [0.1, 0.15) is 12.4 Å². The summed E-state index contributed by atoms with van der Waals surface area (Å²) in [4.78, 5) is 7.01. The molecule has 2 aromatic carbocycles. The second-order valence-corrected chi connectivity index (χ2v) is 7.52. The molecule has 0 spiro atoms. The number of ether oxygens (including phenoxy) is 1. The molecule has 158 valence electrons. The summed E-state index contributed by atoms with van der Waals surface area (Å²) in [5.41, 5.74) is 2.33. The Balaban J connectivity index is 1.39. The van der Waals surface area contributed by atoms with Crippen LogP contribution in [-0.4, -0.2) is 66.6 Å². The normalized spacial score (nSPS) is 15.7. The number of rotatable bonds is 7. The lowest BCUT2D eigenvalue weighted by Gasteiger charge is -2.33. The van der Waals surface area contributed by atoms with E-state index in [1.54, 1.807) is 4.68 Å². The third-order valence-electron chi connectivity index (χ3n) is 5.41. The number of aromatic amines is 1. The highest BCUT2D eigenvalue weighted by molar-refractivity contribution is 5.25. The van der Waals surface area contributed by atoms with Crippen molar-refractivity contribution in [1.82, 2.24) is 40.3 Å². The fraction of sp³-hybridized carbons (Fsp3) is 0.318. The number of hydrogen-bond acceptors (Lipinski definition) is 7. The van der Waals surface area contributed by atoms with Crippen LogP contribution in [0.2, 0.25) is 0 Å². The molecule has 1 N–H and O–H groups in total. The van der Waals surface area contributed by atoms with Gasteiger partial charge >= 0.3 is 0 Å². The molecular weight excluding hydrogens is 392 g/mol. The predicted octanol–water partition coefficient (Wildman–Crippen LogP) is 1.85. The standard InChI is InChI=1S/C22H24N8O/c1-3-7-17(8-4-1)15-19-23-20(25-24-19)16-30-22(26-27-28-30)21(18-9-5-2-6-10-18)29-11-13-31-14-12-29/h1-10,21H,11-16H2,(H,23,24,25)/t21-/m0/s1. The second-order valence-electron chi connectivity index (χ2n) is 7.52.